The molecule has 0 bridgehead atoms. The fourth-order valence-corrected chi connectivity index (χ4v) is 3.52. The van der Waals surface area contributed by atoms with Crippen LogP contribution in [0.4, 0.5) is 5.69 Å². The Morgan fingerprint density at radius 2 is 1.77 bits per heavy atom. The van der Waals surface area contributed by atoms with Gasteiger partial charge in [0.15, 0.2) is 0 Å². The Hall–Kier alpha value is -3.38. The third-order valence-corrected chi connectivity index (χ3v) is 5.14. The summed E-state index contributed by atoms with van der Waals surface area (Å²) in [4.78, 5) is 30.2. The summed E-state index contributed by atoms with van der Waals surface area (Å²) in [5.74, 6) is -0.115. The molecule has 4 rings (SSSR count). The van der Waals surface area contributed by atoms with Crippen LogP contribution in [0.25, 0.3) is 11.3 Å². The number of morpholine rings is 1. The van der Waals surface area contributed by atoms with Crippen molar-refractivity contribution in [1.29, 1.82) is 0 Å². The first-order valence-corrected chi connectivity index (χ1v) is 10.2. The van der Waals surface area contributed by atoms with E-state index in [0.29, 0.717) is 50.4 Å². The predicted molar refractivity (Wildman–Crippen MR) is 116 cm³/mol. The first-order chi connectivity index (χ1) is 14.7. The van der Waals surface area contributed by atoms with Crippen LogP contribution in [-0.4, -0.2) is 48.0 Å². The number of rotatable bonds is 6. The van der Waals surface area contributed by atoms with Crippen LogP contribution in [0, 0.1) is 0 Å². The summed E-state index contributed by atoms with van der Waals surface area (Å²) >= 11 is 0. The predicted octanol–water partition coefficient (Wildman–Crippen LogP) is 3.73. The van der Waals surface area contributed by atoms with Gasteiger partial charge in [-0.1, -0.05) is 36.4 Å². The molecular formula is C24H25N3O3. The number of nitrogens with zero attached hydrogens (tertiary/aromatic N) is 1. The number of hydrogen-bond acceptors (Lipinski definition) is 3. The fourth-order valence-electron chi connectivity index (χ4n) is 3.52. The Labute approximate surface area is 175 Å². The number of ether oxygens (including phenoxy) is 1. The Bertz CT molecular complexity index is 1010. The van der Waals surface area contributed by atoms with E-state index in [4.69, 9.17) is 4.74 Å². The first kappa shape index (κ1) is 19.9. The standard InChI is InChI=1S/C24H25N3O3/c28-23(12-10-20-9-11-22(25-20)18-5-2-1-3-6-18)26-21-8-4-7-19(17-21)24(29)27-13-15-30-16-14-27/h1-9,11,17,25H,10,12-16H2,(H,26,28). The lowest BCUT2D eigenvalue weighted by atomic mass is 10.1. The summed E-state index contributed by atoms with van der Waals surface area (Å²) in [6.45, 7) is 2.31. The van der Waals surface area contributed by atoms with E-state index >= 15 is 0 Å². The molecular weight excluding hydrogens is 378 g/mol. The van der Waals surface area contributed by atoms with E-state index < -0.39 is 0 Å². The molecule has 0 aliphatic carbocycles. The molecule has 3 aromatic rings. The first-order valence-electron chi connectivity index (χ1n) is 10.2. The van der Waals surface area contributed by atoms with Crippen molar-refractivity contribution >= 4 is 17.5 Å². The molecule has 2 aromatic carbocycles. The highest BCUT2D eigenvalue weighted by Gasteiger charge is 2.18. The highest BCUT2D eigenvalue weighted by Crippen LogP contribution is 2.19. The molecule has 30 heavy (non-hydrogen) atoms. The van der Waals surface area contributed by atoms with E-state index in [1.807, 2.05) is 42.5 Å². The number of carbonyl (C=O) groups excluding carboxylic acids is 2. The van der Waals surface area contributed by atoms with Gasteiger partial charge in [-0.15, -0.1) is 0 Å². The zero-order chi connectivity index (χ0) is 20.8. The Morgan fingerprint density at radius 3 is 2.57 bits per heavy atom. The number of benzene rings is 2. The third kappa shape index (κ3) is 4.96. The highest BCUT2D eigenvalue weighted by atomic mass is 16.5. The molecule has 0 unspecified atom stereocenters. The van der Waals surface area contributed by atoms with Gasteiger partial charge in [-0.2, -0.15) is 0 Å². The molecule has 1 aromatic heterocycles. The van der Waals surface area contributed by atoms with Crippen molar-refractivity contribution in [3.8, 4) is 11.3 Å². The summed E-state index contributed by atoms with van der Waals surface area (Å²) < 4.78 is 5.30. The van der Waals surface area contributed by atoms with Gasteiger partial charge in [-0.05, 0) is 42.3 Å². The number of carbonyl (C=O) groups is 2. The fraction of sp³-hybridized carbons (Fsp3) is 0.250. The van der Waals surface area contributed by atoms with E-state index in [9.17, 15) is 9.59 Å². The third-order valence-electron chi connectivity index (χ3n) is 5.14. The SMILES string of the molecule is O=C(CCc1ccc(-c2ccccc2)[nH]1)Nc1cccc(C(=O)N2CCOCC2)c1. The van der Waals surface area contributed by atoms with Crippen molar-refractivity contribution in [3.63, 3.8) is 0 Å². The largest absolute Gasteiger partial charge is 0.378 e. The number of aromatic nitrogens is 1. The van der Waals surface area contributed by atoms with Gasteiger partial charge in [0.05, 0.1) is 13.2 Å². The molecule has 2 amide bonds. The number of aryl methyl sites for hydroxylation is 1. The normalized spacial score (nSPS) is 13.8. The van der Waals surface area contributed by atoms with Crippen molar-refractivity contribution < 1.29 is 14.3 Å². The van der Waals surface area contributed by atoms with E-state index in [0.717, 1.165) is 17.0 Å². The van der Waals surface area contributed by atoms with Gasteiger partial charge >= 0.3 is 0 Å². The Kier molecular flexibility index (Phi) is 6.25. The van der Waals surface area contributed by atoms with Gasteiger partial charge in [0, 0.05) is 42.1 Å². The van der Waals surface area contributed by atoms with Gasteiger partial charge in [0.2, 0.25) is 5.91 Å². The maximum atomic E-state index is 12.6. The van der Waals surface area contributed by atoms with Crippen molar-refractivity contribution in [2.45, 2.75) is 12.8 Å². The second-order valence-corrected chi connectivity index (χ2v) is 7.30. The second kappa shape index (κ2) is 9.41. The molecule has 1 fully saturated rings. The van der Waals surface area contributed by atoms with E-state index in [1.165, 1.54) is 0 Å². The highest BCUT2D eigenvalue weighted by molar-refractivity contribution is 5.97. The smallest absolute Gasteiger partial charge is 0.254 e. The maximum Gasteiger partial charge on any atom is 0.254 e. The minimum Gasteiger partial charge on any atom is -0.378 e. The zero-order valence-corrected chi connectivity index (χ0v) is 16.8. The number of hydrogen-bond donors (Lipinski definition) is 2. The summed E-state index contributed by atoms with van der Waals surface area (Å²) in [6, 6.07) is 21.2. The number of nitrogens with one attached hydrogen (secondary N) is 2. The molecule has 0 spiro atoms. The average Bonchev–Trinajstić information content (AvgIpc) is 3.28. The minimum absolute atomic E-state index is 0.0331. The van der Waals surface area contributed by atoms with Crippen molar-refractivity contribution in [2.75, 3.05) is 31.6 Å². The van der Waals surface area contributed by atoms with E-state index in [-0.39, 0.29) is 11.8 Å². The summed E-state index contributed by atoms with van der Waals surface area (Å²) in [6.07, 6.45) is 0.974. The molecule has 1 aliphatic heterocycles. The zero-order valence-electron chi connectivity index (χ0n) is 16.8. The Morgan fingerprint density at radius 1 is 0.967 bits per heavy atom. The summed E-state index contributed by atoms with van der Waals surface area (Å²) in [5.41, 5.74) is 4.39. The van der Waals surface area contributed by atoms with Crippen LogP contribution in [0.1, 0.15) is 22.5 Å². The topological polar surface area (TPSA) is 74.4 Å². The second-order valence-electron chi connectivity index (χ2n) is 7.30. The maximum absolute atomic E-state index is 12.6. The molecule has 154 valence electrons. The van der Waals surface area contributed by atoms with Crippen LogP contribution >= 0.6 is 0 Å². The number of amides is 2. The quantitative estimate of drug-likeness (QED) is 0.659. The average molecular weight is 403 g/mol. The Balaban J connectivity index is 1.32. The number of aromatic amines is 1. The molecule has 2 heterocycles. The molecule has 1 saturated heterocycles. The summed E-state index contributed by atoms with van der Waals surface area (Å²) in [7, 11) is 0. The molecule has 2 N–H and O–H groups in total. The lowest BCUT2D eigenvalue weighted by molar-refractivity contribution is -0.116. The van der Waals surface area contributed by atoms with Gasteiger partial charge in [-0.3, -0.25) is 9.59 Å². The van der Waals surface area contributed by atoms with Gasteiger partial charge in [0.25, 0.3) is 5.91 Å². The van der Waals surface area contributed by atoms with Crippen molar-refractivity contribution in [1.82, 2.24) is 9.88 Å². The van der Waals surface area contributed by atoms with E-state index in [2.05, 4.69) is 10.3 Å². The summed E-state index contributed by atoms with van der Waals surface area (Å²) in [5, 5.41) is 2.90. The molecule has 1 aliphatic rings. The molecule has 0 radical (unpaired) electrons. The van der Waals surface area contributed by atoms with Crippen LogP contribution in [0.3, 0.4) is 0 Å². The van der Waals surface area contributed by atoms with Crippen LogP contribution in [0.15, 0.2) is 66.7 Å². The molecule has 0 atom stereocenters. The lowest BCUT2D eigenvalue weighted by Gasteiger charge is -2.27. The van der Waals surface area contributed by atoms with Gasteiger partial charge < -0.3 is 19.9 Å². The molecule has 0 saturated carbocycles. The van der Waals surface area contributed by atoms with Gasteiger partial charge in [0.1, 0.15) is 0 Å². The van der Waals surface area contributed by atoms with Crippen LogP contribution in [-0.2, 0) is 16.0 Å². The monoisotopic (exact) mass is 403 g/mol. The van der Waals surface area contributed by atoms with Crippen molar-refractivity contribution in [2.24, 2.45) is 0 Å². The van der Waals surface area contributed by atoms with Crippen molar-refractivity contribution in [3.05, 3.63) is 78.0 Å². The molecule has 6 heteroatoms. The van der Waals surface area contributed by atoms with E-state index in [1.54, 1.807) is 29.2 Å². The van der Waals surface area contributed by atoms with Crippen LogP contribution < -0.4 is 5.32 Å². The number of H-pyrrole nitrogens is 1. The molecule has 6 nitrogen and oxygen atoms in total. The van der Waals surface area contributed by atoms with Gasteiger partial charge in [-0.25, -0.2) is 0 Å². The lowest BCUT2D eigenvalue weighted by Crippen LogP contribution is -2.40. The van der Waals surface area contributed by atoms with Crippen LogP contribution in [0.2, 0.25) is 0 Å². The number of anilines is 1. The minimum atomic E-state index is -0.0816. The van der Waals surface area contributed by atoms with Crippen LogP contribution in [0.5, 0.6) is 0 Å².